The summed E-state index contributed by atoms with van der Waals surface area (Å²) in [7, 11) is -13.6. The van der Waals surface area contributed by atoms with Gasteiger partial charge >= 0.3 is 17.9 Å². The Morgan fingerprint density at radius 1 is 0.423 bits per heavy atom. The van der Waals surface area contributed by atoms with Crippen LogP contribution in [0, 0.1) is 0 Å². The summed E-state index contributed by atoms with van der Waals surface area (Å²) >= 11 is 0. The zero-order valence-electron chi connectivity index (χ0n) is 27.6. The maximum absolute atomic E-state index is 13.7. The van der Waals surface area contributed by atoms with Crippen molar-refractivity contribution < 1.29 is 55.0 Å². The van der Waals surface area contributed by atoms with E-state index in [0.29, 0.717) is 0 Å². The number of anilines is 3. The van der Waals surface area contributed by atoms with Gasteiger partial charge in [0.25, 0.3) is 30.1 Å². The number of carboxylic acids is 3. The van der Waals surface area contributed by atoms with Crippen LogP contribution in [0.1, 0.15) is 31.1 Å². The zero-order valence-corrected chi connectivity index (χ0v) is 36.0. The van der Waals surface area contributed by atoms with E-state index in [2.05, 4.69) is 14.2 Å². The van der Waals surface area contributed by atoms with Crippen LogP contribution < -0.4 is 14.2 Å². The first-order valence-electron chi connectivity index (χ1n) is 13.6. The summed E-state index contributed by atoms with van der Waals surface area (Å²) in [5, 5.41) is 27.2. The van der Waals surface area contributed by atoms with Gasteiger partial charge in [-0.3, -0.25) is 14.2 Å². The number of benzene rings is 5. The number of hydrogen-bond acceptors (Lipinski definition) is 9. The fraction of sp³-hybridized carbons (Fsp3) is 0. The molecule has 15 nitrogen and oxygen atoms in total. The molecule has 0 spiro atoms. The van der Waals surface area contributed by atoms with Crippen LogP contribution in [0.5, 0.6) is 0 Å². The Morgan fingerprint density at radius 2 is 0.750 bits per heavy atom. The maximum Gasteiger partial charge on any atom is 0.335 e. The van der Waals surface area contributed by atoms with Gasteiger partial charge in [-0.05, 0) is 102 Å². The van der Waals surface area contributed by atoms with Crippen LogP contribution >= 0.6 is 0 Å². The van der Waals surface area contributed by atoms with Crippen molar-refractivity contribution >= 4 is 164 Å². The number of carbonyl (C=O) groups is 3. The summed E-state index contributed by atoms with van der Waals surface area (Å²) in [6, 6.07) is 19.3. The second kappa shape index (κ2) is 17.9. The molecule has 5 rings (SSSR count). The molecule has 0 bridgehead atoms. The van der Waals surface area contributed by atoms with Crippen molar-refractivity contribution in [2.45, 2.75) is 14.7 Å². The van der Waals surface area contributed by atoms with E-state index in [1.807, 2.05) is 0 Å². The molecule has 255 valence electrons. The first-order valence-corrected chi connectivity index (χ1v) is 18.1. The van der Waals surface area contributed by atoms with Gasteiger partial charge in [0.05, 0.1) is 31.4 Å². The predicted molar refractivity (Wildman–Crippen MR) is 194 cm³/mol. The van der Waals surface area contributed by atoms with Crippen LogP contribution in [0.25, 0.3) is 10.8 Å². The Hall–Kier alpha value is -2.98. The Kier molecular flexibility index (Phi) is 15.5. The number of rotatable bonds is 12. The summed E-state index contributed by atoms with van der Waals surface area (Å²) in [4.78, 5) is 32.0. The van der Waals surface area contributed by atoms with Gasteiger partial charge in [0, 0.05) is 111 Å². The number of hydrogen-bond donors (Lipinski definition) is 6. The van der Waals surface area contributed by atoms with E-state index in [9.17, 15) is 39.6 Å². The zero-order chi connectivity index (χ0) is 35.7. The minimum Gasteiger partial charge on any atom is -0.478 e. The first kappa shape index (κ1) is 45.2. The first-order chi connectivity index (χ1) is 22.9. The SMILES string of the molecule is O=C(O)c1ccc(NS(=O)(=O)c2ccc3c(S(=O)(=O)Nc4ccc(C(=O)O)cc4)cc(S(=O)(=O)Nc4ccc(C(=O)O)cc4)cc3c2)cc1.[Na].[Na].[Na]. The average molecular weight is 795 g/mol. The Labute approximate surface area is 363 Å². The summed E-state index contributed by atoms with van der Waals surface area (Å²) in [6.45, 7) is 0. The fourth-order valence-corrected chi connectivity index (χ4v) is 8.11. The molecule has 0 fully saturated rings. The van der Waals surface area contributed by atoms with E-state index in [1.165, 1.54) is 48.5 Å². The van der Waals surface area contributed by atoms with Gasteiger partial charge in [0.1, 0.15) is 0 Å². The van der Waals surface area contributed by atoms with Gasteiger partial charge < -0.3 is 15.3 Å². The third-order valence-corrected chi connectivity index (χ3v) is 11.1. The van der Waals surface area contributed by atoms with E-state index in [4.69, 9.17) is 15.3 Å². The summed E-state index contributed by atoms with van der Waals surface area (Å²) in [5.41, 5.74) is -0.426. The molecule has 0 saturated heterocycles. The quantitative estimate of drug-likeness (QED) is 0.0997. The molecule has 0 aliphatic carbocycles. The average Bonchev–Trinajstić information content (AvgIpc) is 3.04. The molecule has 0 atom stereocenters. The number of sulfonamides is 3. The van der Waals surface area contributed by atoms with Gasteiger partial charge in [-0.15, -0.1) is 0 Å². The third-order valence-electron chi connectivity index (χ3n) is 6.92. The maximum atomic E-state index is 13.7. The Bertz CT molecular complexity index is 2480. The molecule has 0 heterocycles. The molecule has 0 aliphatic rings. The molecule has 0 aliphatic heterocycles. The second-order valence-electron chi connectivity index (χ2n) is 10.3. The van der Waals surface area contributed by atoms with Crippen molar-refractivity contribution in [2.75, 3.05) is 14.2 Å². The molecule has 5 aromatic rings. The number of carboxylic acid groups (broad SMARTS) is 3. The Balaban J connectivity index is 0.00000312. The molecule has 5 aromatic carbocycles. The smallest absolute Gasteiger partial charge is 0.335 e. The summed E-state index contributed by atoms with van der Waals surface area (Å²) in [5.74, 6) is -3.72. The molecular weight excluding hydrogens is 772 g/mol. The molecule has 0 unspecified atom stereocenters. The molecule has 0 amide bonds. The van der Waals surface area contributed by atoms with E-state index in [-0.39, 0.29) is 133 Å². The molecule has 0 aromatic heterocycles. The van der Waals surface area contributed by atoms with Crippen molar-refractivity contribution in [1.29, 1.82) is 0 Å². The van der Waals surface area contributed by atoms with Crippen molar-refractivity contribution in [2.24, 2.45) is 0 Å². The van der Waals surface area contributed by atoms with Crippen molar-refractivity contribution in [1.82, 2.24) is 0 Å². The van der Waals surface area contributed by atoms with Gasteiger partial charge in [0.2, 0.25) is 0 Å². The standard InChI is InChI=1S/C31H23N3O12S3.3Na/c35-29(36)18-1-7-22(8-2-18)32-47(41,42)25-13-14-27-21(15-25)16-26(48(43,44)33-23-9-3-19(4-10-23)30(37)38)17-28(27)49(45,46)34-24-11-5-20(6-12-24)31(39)40;;;/h1-17,32-34H,(H,35,36)(H,37,38)(H,39,40);;;. The van der Waals surface area contributed by atoms with Crippen LogP contribution in [0.15, 0.2) is 118 Å². The third kappa shape index (κ3) is 10.6. The normalized spacial score (nSPS) is 11.2. The van der Waals surface area contributed by atoms with Crippen LogP contribution in [-0.2, 0) is 30.1 Å². The summed E-state index contributed by atoms with van der Waals surface area (Å²) < 4.78 is 87.8. The molecule has 6 N–H and O–H groups in total. The largest absolute Gasteiger partial charge is 0.478 e. The van der Waals surface area contributed by atoms with Gasteiger partial charge in [-0.25, -0.2) is 39.6 Å². The van der Waals surface area contributed by atoms with Crippen LogP contribution in [0.4, 0.5) is 17.1 Å². The fourth-order valence-electron chi connectivity index (χ4n) is 4.51. The van der Waals surface area contributed by atoms with Gasteiger partial charge in [0.15, 0.2) is 0 Å². The topological polar surface area (TPSA) is 250 Å². The molecule has 52 heavy (non-hydrogen) atoms. The van der Waals surface area contributed by atoms with Gasteiger partial charge in [-0.2, -0.15) is 0 Å². The molecule has 21 heteroatoms. The number of fused-ring (bicyclic) bond motifs is 1. The van der Waals surface area contributed by atoms with Gasteiger partial charge in [-0.1, -0.05) is 6.07 Å². The summed E-state index contributed by atoms with van der Waals surface area (Å²) in [6.07, 6.45) is 0. The molecular formula is C31H23N3Na3O12S3. The number of nitrogens with one attached hydrogen (secondary N) is 3. The molecule has 3 radical (unpaired) electrons. The Morgan fingerprint density at radius 3 is 1.12 bits per heavy atom. The van der Waals surface area contributed by atoms with E-state index >= 15 is 0 Å². The van der Waals surface area contributed by atoms with Crippen LogP contribution in [0.3, 0.4) is 0 Å². The van der Waals surface area contributed by atoms with E-state index in [0.717, 1.165) is 54.6 Å². The monoisotopic (exact) mass is 794 g/mol. The van der Waals surface area contributed by atoms with Crippen molar-refractivity contribution in [3.63, 3.8) is 0 Å². The van der Waals surface area contributed by atoms with Crippen LogP contribution in [0.2, 0.25) is 0 Å². The van der Waals surface area contributed by atoms with Crippen LogP contribution in [-0.4, -0.2) is 147 Å². The number of aromatic carboxylic acids is 3. The van der Waals surface area contributed by atoms with Crippen molar-refractivity contribution in [3.8, 4) is 0 Å². The minimum absolute atomic E-state index is 0. The molecule has 0 saturated carbocycles. The predicted octanol–water partition coefficient (Wildman–Crippen LogP) is 3.19. The minimum atomic E-state index is -4.62. The van der Waals surface area contributed by atoms with E-state index < -0.39 is 62.7 Å². The second-order valence-corrected chi connectivity index (χ2v) is 15.3. The van der Waals surface area contributed by atoms with E-state index in [1.54, 1.807) is 0 Å². The van der Waals surface area contributed by atoms with Crippen molar-refractivity contribution in [3.05, 3.63) is 120 Å².